The molecule has 2 aromatic carbocycles. The average molecular weight is 390 g/mol. The molecule has 1 aromatic heterocycles. The van der Waals surface area contributed by atoms with Crippen molar-refractivity contribution in [3.05, 3.63) is 77.4 Å². The molecular weight excluding hydrogens is 358 g/mol. The molecule has 0 unspecified atom stereocenters. The minimum Gasteiger partial charge on any atom is -0.304 e. The Morgan fingerprint density at radius 2 is 1.79 bits per heavy atom. The first-order chi connectivity index (χ1) is 14.1. The van der Waals surface area contributed by atoms with Gasteiger partial charge in [-0.15, -0.1) is 0 Å². The van der Waals surface area contributed by atoms with E-state index in [4.69, 9.17) is 10.1 Å². The highest BCUT2D eigenvalue weighted by Gasteiger charge is 2.25. The van der Waals surface area contributed by atoms with Gasteiger partial charge >= 0.3 is 0 Å². The molecule has 0 aliphatic carbocycles. The summed E-state index contributed by atoms with van der Waals surface area (Å²) in [6.45, 7) is 5.41. The second-order valence-corrected chi connectivity index (χ2v) is 8.28. The molecule has 0 saturated carbocycles. The number of aryl methyl sites for hydroxylation is 3. The van der Waals surface area contributed by atoms with E-state index in [0.29, 0.717) is 6.04 Å². The molecule has 0 spiro atoms. The van der Waals surface area contributed by atoms with Gasteiger partial charge in [-0.05, 0) is 50.7 Å². The van der Waals surface area contributed by atoms with Gasteiger partial charge in [0.05, 0.1) is 5.69 Å². The van der Waals surface area contributed by atoms with E-state index >= 15 is 0 Å². The van der Waals surface area contributed by atoms with Crippen LogP contribution in [-0.2, 0) is 19.3 Å². The van der Waals surface area contributed by atoms with Gasteiger partial charge in [0.1, 0.15) is 5.82 Å². The van der Waals surface area contributed by atoms with Crippen molar-refractivity contribution in [1.82, 2.24) is 24.6 Å². The molecule has 5 nitrogen and oxygen atoms in total. The molecule has 0 radical (unpaired) electrons. The first-order valence-electron chi connectivity index (χ1n) is 10.5. The van der Waals surface area contributed by atoms with E-state index in [-0.39, 0.29) is 0 Å². The number of benzene rings is 2. The third kappa shape index (κ3) is 4.92. The summed E-state index contributed by atoms with van der Waals surface area (Å²) in [5, 5.41) is 4.92. The SMILES string of the molecule is Cc1cccc(-n2nc(CCc3ccccc3)nc2C[C@@H]2CN(C)CCN2C)c1. The summed E-state index contributed by atoms with van der Waals surface area (Å²) in [5.74, 6) is 1.99. The highest BCUT2D eigenvalue weighted by Crippen LogP contribution is 2.17. The van der Waals surface area contributed by atoms with Crippen molar-refractivity contribution in [2.45, 2.75) is 32.2 Å². The lowest BCUT2D eigenvalue weighted by Gasteiger charge is -2.37. The Hall–Kier alpha value is -2.50. The number of hydrogen-bond acceptors (Lipinski definition) is 4. The molecule has 3 aromatic rings. The zero-order valence-corrected chi connectivity index (χ0v) is 17.8. The molecule has 29 heavy (non-hydrogen) atoms. The summed E-state index contributed by atoms with van der Waals surface area (Å²) in [5.41, 5.74) is 3.67. The maximum Gasteiger partial charge on any atom is 0.151 e. The van der Waals surface area contributed by atoms with Crippen molar-refractivity contribution in [3.8, 4) is 5.69 Å². The van der Waals surface area contributed by atoms with Crippen molar-refractivity contribution in [2.75, 3.05) is 33.7 Å². The summed E-state index contributed by atoms with van der Waals surface area (Å²) >= 11 is 0. The van der Waals surface area contributed by atoms with Crippen LogP contribution in [0.25, 0.3) is 5.69 Å². The van der Waals surface area contributed by atoms with Crippen molar-refractivity contribution < 1.29 is 0 Å². The Bertz CT molecular complexity index is 933. The van der Waals surface area contributed by atoms with Crippen LogP contribution in [0.15, 0.2) is 54.6 Å². The predicted octanol–water partition coefficient (Wildman–Crippen LogP) is 3.15. The molecule has 5 heteroatoms. The lowest BCUT2D eigenvalue weighted by Crippen LogP contribution is -2.51. The molecule has 0 amide bonds. The molecule has 1 aliphatic rings. The van der Waals surface area contributed by atoms with Crippen LogP contribution in [0.4, 0.5) is 0 Å². The Morgan fingerprint density at radius 3 is 2.59 bits per heavy atom. The highest BCUT2D eigenvalue weighted by molar-refractivity contribution is 5.35. The Morgan fingerprint density at radius 1 is 0.966 bits per heavy atom. The molecule has 1 saturated heterocycles. The zero-order chi connectivity index (χ0) is 20.2. The maximum absolute atomic E-state index is 4.99. The molecule has 1 atom stereocenters. The summed E-state index contributed by atoms with van der Waals surface area (Å²) in [7, 11) is 4.43. The fourth-order valence-electron chi connectivity index (χ4n) is 4.03. The van der Waals surface area contributed by atoms with Gasteiger partial charge in [0, 0.05) is 38.5 Å². The van der Waals surface area contributed by atoms with Crippen molar-refractivity contribution in [1.29, 1.82) is 0 Å². The van der Waals surface area contributed by atoms with Crippen LogP contribution in [0.5, 0.6) is 0 Å². The lowest BCUT2D eigenvalue weighted by molar-refractivity contribution is 0.113. The Labute approximate surface area is 174 Å². The average Bonchev–Trinajstić information content (AvgIpc) is 3.13. The summed E-state index contributed by atoms with van der Waals surface area (Å²) < 4.78 is 2.07. The second-order valence-electron chi connectivity index (χ2n) is 8.28. The van der Waals surface area contributed by atoms with Crippen LogP contribution >= 0.6 is 0 Å². The van der Waals surface area contributed by atoms with Crippen LogP contribution in [0, 0.1) is 6.92 Å². The van der Waals surface area contributed by atoms with E-state index in [9.17, 15) is 0 Å². The highest BCUT2D eigenvalue weighted by atomic mass is 15.4. The molecular formula is C24H31N5. The van der Waals surface area contributed by atoms with Gasteiger partial charge in [0.25, 0.3) is 0 Å². The van der Waals surface area contributed by atoms with Crippen LogP contribution in [0.1, 0.15) is 22.8 Å². The van der Waals surface area contributed by atoms with Gasteiger partial charge in [-0.2, -0.15) is 5.10 Å². The largest absolute Gasteiger partial charge is 0.304 e. The first kappa shape index (κ1) is 19.8. The predicted molar refractivity (Wildman–Crippen MR) is 118 cm³/mol. The van der Waals surface area contributed by atoms with Crippen LogP contribution in [0.2, 0.25) is 0 Å². The second kappa shape index (κ2) is 8.89. The standard InChI is InChI=1S/C24H31N5/c1-19-8-7-11-21(16-19)29-24(17-22-18-27(2)14-15-28(22)3)25-23(26-29)13-12-20-9-5-4-6-10-20/h4-11,16,22H,12-15,17-18H2,1-3H3/t22-/m1/s1. The van der Waals surface area contributed by atoms with E-state index in [1.807, 2.05) is 0 Å². The van der Waals surface area contributed by atoms with Gasteiger partial charge in [-0.1, -0.05) is 42.5 Å². The summed E-state index contributed by atoms with van der Waals surface area (Å²) in [6.07, 6.45) is 2.73. The monoisotopic (exact) mass is 389 g/mol. The topological polar surface area (TPSA) is 37.2 Å². The van der Waals surface area contributed by atoms with Crippen LogP contribution in [-0.4, -0.2) is 64.3 Å². The minimum atomic E-state index is 0.462. The van der Waals surface area contributed by atoms with Gasteiger partial charge < -0.3 is 9.80 Å². The van der Waals surface area contributed by atoms with E-state index in [1.54, 1.807) is 0 Å². The lowest BCUT2D eigenvalue weighted by atomic mass is 10.1. The molecule has 152 valence electrons. The van der Waals surface area contributed by atoms with E-state index < -0.39 is 0 Å². The van der Waals surface area contributed by atoms with Gasteiger partial charge in [0.15, 0.2) is 5.82 Å². The van der Waals surface area contributed by atoms with Gasteiger partial charge in [-0.3, -0.25) is 0 Å². The number of hydrogen-bond donors (Lipinski definition) is 0. The zero-order valence-electron chi connectivity index (χ0n) is 17.8. The number of likely N-dealkylation sites (N-methyl/N-ethyl adjacent to an activating group) is 2. The molecule has 0 bridgehead atoms. The van der Waals surface area contributed by atoms with E-state index in [2.05, 4.69) is 90.1 Å². The third-order valence-electron chi connectivity index (χ3n) is 5.84. The Kier molecular flexibility index (Phi) is 6.07. The number of piperazine rings is 1. The van der Waals surface area contributed by atoms with E-state index in [0.717, 1.165) is 56.2 Å². The van der Waals surface area contributed by atoms with Crippen molar-refractivity contribution >= 4 is 0 Å². The maximum atomic E-state index is 4.99. The summed E-state index contributed by atoms with van der Waals surface area (Å²) in [4.78, 5) is 9.86. The van der Waals surface area contributed by atoms with Crippen LogP contribution in [0.3, 0.4) is 0 Å². The number of nitrogens with zero attached hydrogens (tertiary/aromatic N) is 5. The molecule has 4 rings (SSSR count). The quantitative estimate of drug-likeness (QED) is 0.649. The fraction of sp³-hybridized carbons (Fsp3) is 0.417. The summed E-state index contributed by atoms with van der Waals surface area (Å²) in [6, 6.07) is 19.6. The molecule has 1 fully saturated rings. The van der Waals surface area contributed by atoms with Crippen molar-refractivity contribution in [2.24, 2.45) is 0 Å². The molecule has 2 heterocycles. The normalized spacial score (nSPS) is 18.2. The Balaban J connectivity index is 1.60. The molecule has 0 N–H and O–H groups in total. The van der Waals surface area contributed by atoms with Gasteiger partial charge in [-0.25, -0.2) is 9.67 Å². The number of aromatic nitrogens is 3. The molecule has 1 aliphatic heterocycles. The van der Waals surface area contributed by atoms with Crippen molar-refractivity contribution in [3.63, 3.8) is 0 Å². The fourth-order valence-corrected chi connectivity index (χ4v) is 4.03. The number of rotatable bonds is 6. The smallest absolute Gasteiger partial charge is 0.151 e. The van der Waals surface area contributed by atoms with Crippen LogP contribution < -0.4 is 0 Å². The minimum absolute atomic E-state index is 0.462. The first-order valence-corrected chi connectivity index (χ1v) is 10.5. The van der Waals surface area contributed by atoms with Gasteiger partial charge in [0.2, 0.25) is 0 Å². The third-order valence-corrected chi connectivity index (χ3v) is 5.84. The van der Waals surface area contributed by atoms with E-state index in [1.165, 1.54) is 11.1 Å².